The van der Waals surface area contributed by atoms with Crippen molar-refractivity contribution >= 4 is 32.8 Å². The molecule has 1 aliphatic rings. The Hall–Kier alpha value is -1.71. The Bertz CT molecular complexity index is 1030. The van der Waals surface area contributed by atoms with Gasteiger partial charge in [0.25, 0.3) is 5.56 Å². The zero-order valence-electron chi connectivity index (χ0n) is 13.7. The van der Waals surface area contributed by atoms with Crippen LogP contribution in [0.2, 0.25) is 0 Å². The van der Waals surface area contributed by atoms with Crippen molar-refractivity contribution in [3.05, 3.63) is 16.7 Å². The maximum absolute atomic E-state index is 11.8. The molecule has 2 aromatic heterocycles. The Balaban J connectivity index is 1.79. The van der Waals surface area contributed by atoms with Crippen LogP contribution < -0.4 is 17.0 Å². The molecule has 1 unspecified atom stereocenters. The van der Waals surface area contributed by atoms with Crippen LogP contribution >= 0.6 is 15.6 Å². The number of aliphatic hydroxyl groups excluding tert-OH is 1. The molecule has 18 heteroatoms. The number of imidazole rings is 1. The van der Waals surface area contributed by atoms with Gasteiger partial charge in [0.05, 0.1) is 19.0 Å². The largest absolute Gasteiger partial charge is 0.481 e. The van der Waals surface area contributed by atoms with Crippen LogP contribution in [-0.2, 0) is 22.7 Å². The Morgan fingerprint density at radius 3 is 2.68 bits per heavy atom. The summed E-state index contributed by atoms with van der Waals surface area (Å²) in [6.45, 7) is -0.745. The average molecular weight is 442 g/mol. The Morgan fingerprint density at radius 2 is 2.04 bits per heavy atom. The summed E-state index contributed by atoms with van der Waals surface area (Å²) in [6.07, 6.45) is -2.61. The standard InChI is InChI=1S/C10H16N6O10P2/c11-4-3(1-24-28(22,23)26-27(19,20)21)25-9(6(4)17)16-2-13-5-7(16)14-10(12)15-8(5)18/h2-4,6,9,17H,1,11H2,(H,22,23)(H2,19,20,21)(H3,12,14,15,18)/t3-,4-,6-,9-/m1/s1. The van der Waals surface area contributed by atoms with E-state index in [1.807, 2.05) is 0 Å². The second-order valence-electron chi connectivity index (χ2n) is 5.74. The first-order chi connectivity index (χ1) is 12.9. The number of hydrogen-bond acceptors (Lipinski definition) is 11. The van der Waals surface area contributed by atoms with E-state index in [9.17, 15) is 23.9 Å². The lowest BCUT2D eigenvalue weighted by molar-refractivity contribution is -0.0482. The zero-order valence-corrected chi connectivity index (χ0v) is 15.5. The van der Waals surface area contributed by atoms with Gasteiger partial charge in [-0.2, -0.15) is 9.29 Å². The van der Waals surface area contributed by atoms with Crippen LogP contribution in [0, 0.1) is 0 Å². The summed E-state index contributed by atoms with van der Waals surface area (Å²) in [4.78, 5) is 48.3. The molecule has 3 heterocycles. The van der Waals surface area contributed by atoms with E-state index in [1.54, 1.807) is 0 Å². The SMILES string of the molecule is Nc1nc2c(ncn2[C@@H]2O[C@H](COP(=O)(O)OP(=O)(O)O)[C@@H](N)[C@H]2O)c(=O)[nH]1. The molecule has 0 amide bonds. The summed E-state index contributed by atoms with van der Waals surface area (Å²) >= 11 is 0. The van der Waals surface area contributed by atoms with Gasteiger partial charge in [-0.05, 0) is 0 Å². The third-order valence-electron chi connectivity index (χ3n) is 3.77. The molecule has 1 fully saturated rings. The molecule has 2 aromatic rings. The van der Waals surface area contributed by atoms with Gasteiger partial charge in [0.1, 0.15) is 12.2 Å². The van der Waals surface area contributed by atoms with Gasteiger partial charge in [0.2, 0.25) is 5.95 Å². The van der Waals surface area contributed by atoms with Gasteiger partial charge in [0, 0.05) is 0 Å². The second kappa shape index (κ2) is 7.27. The number of fused-ring (bicyclic) bond motifs is 1. The van der Waals surface area contributed by atoms with E-state index in [2.05, 4.69) is 23.8 Å². The van der Waals surface area contributed by atoms with Crippen LogP contribution in [0.4, 0.5) is 5.95 Å². The maximum atomic E-state index is 11.8. The molecular weight excluding hydrogens is 426 g/mol. The number of nitrogen functional groups attached to an aromatic ring is 1. The number of aromatic amines is 1. The Kier molecular flexibility index (Phi) is 5.46. The number of aromatic nitrogens is 4. The molecule has 156 valence electrons. The summed E-state index contributed by atoms with van der Waals surface area (Å²) in [7, 11) is -10.4. The highest BCUT2D eigenvalue weighted by atomic mass is 31.3. The number of anilines is 1. The number of phosphoric ester groups is 1. The zero-order chi connectivity index (χ0) is 20.9. The molecule has 0 bridgehead atoms. The van der Waals surface area contributed by atoms with E-state index >= 15 is 0 Å². The number of nitrogens with zero attached hydrogens (tertiary/aromatic N) is 3. The van der Waals surface area contributed by atoms with Crippen molar-refractivity contribution in [1.82, 2.24) is 19.5 Å². The van der Waals surface area contributed by atoms with E-state index in [-0.39, 0.29) is 17.1 Å². The van der Waals surface area contributed by atoms with Crippen LogP contribution in [0.25, 0.3) is 11.2 Å². The third kappa shape index (κ3) is 4.31. The first kappa shape index (κ1) is 21.0. The number of phosphoric acid groups is 2. The van der Waals surface area contributed by atoms with Crippen LogP contribution in [0.3, 0.4) is 0 Å². The summed E-state index contributed by atoms with van der Waals surface area (Å²) in [5.74, 6) is -0.202. The van der Waals surface area contributed by atoms with E-state index in [0.29, 0.717) is 0 Å². The number of nitrogens with one attached hydrogen (secondary N) is 1. The van der Waals surface area contributed by atoms with Gasteiger partial charge >= 0.3 is 15.6 Å². The van der Waals surface area contributed by atoms with Gasteiger partial charge in [0.15, 0.2) is 17.4 Å². The molecule has 16 nitrogen and oxygen atoms in total. The van der Waals surface area contributed by atoms with Crippen molar-refractivity contribution < 1.29 is 42.5 Å². The van der Waals surface area contributed by atoms with Crippen molar-refractivity contribution in [3.8, 4) is 0 Å². The quantitative estimate of drug-likeness (QED) is 0.228. The number of ether oxygens (including phenoxy) is 1. The van der Waals surface area contributed by atoms with E-state index in [0.717, 1.165) is 6.33 Å². The number of H-pyrrole nitrogens is 1. The minimum atomic E-state index is -5.29. The fourth-order valence-electron chi connectivity index (χ4n) is 2.60. The molecule has 0 saturated carbocycles. The predicted octanol–water partition coefficient (Wildman–Crippen LogP) is -2.49. The summed E-state index contributed by atoms with van der Waals surface area (Å²) in [5.41, 5.74) is 10.6. The fraction of sp³-hybridized carbons (Fsp3) is 0.500. The van der Waals surface area contributed by atoms with Crippen LogP contribution in [0.15, 0.2) is 11.1 Å². The molecule has 1 aliphatic heterocycles. The molecule has 1 saturated heterocycles. The lowest BCUT2D eigenvalue weighted by atomic mass is 10.1. The molecule has 28 heavy (non-hydrogen) atoms. The Morgan fingerprint density at radius 1 is 1.36 bits per heavy atom. The van der Waals surface area contributed by atoms with Crippen molar-refractivity contribution in [2.75, 3.05) is 12.3 Å². The number of rotatable bonds is 6. The summed E-state index contributed by atoms with van der Waals surface area (Å²) < 4.78 is 37.0. The Labute approximate surface area is 154 Å². The minimum Gasteiger partial charge on any atom is -0.387 e. The molecular formula is C10H16N6O10P2. The highest BCUT2D eigenvalue weighted by Crippen LogP contribution is 2.57. The first-order valence-electron chi connectivity index (χ1n) is 7.43. The number of aliphatic hydroxyl groups is 1. The van der Waals surface area contributed by atoms with Gasteiger partial charge in [-0.3, -0.25) is 18.9 Å². The normalized spacial score (nSPS) is 27.9. The minimum absolute atomic E-state index is 0.00303. The van der Waals surface area contributed by atoms with Crippen molar-refractivity contribution in [2.45, 2.75) is 24.5 Å². The molecule has 0 radical (unpaired) electrons. The first-order valence-corrected chi connectivity index (χ1v) is 10.5. The monoisotopic (exact) mass is 442 g/mol. The van der Waals surface area contributed by atoms with E-state index in [4.69, 9.17) is 26.0 Å². The predicted molar refractivity (Wildman–Crippen MR) is 89.4 cm³/mol. The van der Waals surface area contributed by atoms with Crippen molar-refractivity contribution in [1.29, 1.82) is 0 Å². The van der Waals surface area contributed by atoms with Crippen LogP contribution in [0.1, 0.15) is 6.23 Å². The molecule has 0 aromatic carbocycles. The second-order valence-corrected chi connectivity index (χ2v) is 8.57. The van der Waals surface area contributed by atoms with Gasteiger partial charge in [-0.25, -0.2) is 14.1 Å². The summed E-state index contributed by atoms with van der Waals surface area (Å²) in [6, 6.07) is -1.14. The number of hydrogen-bond donors (Lipinski definition) is 7. The molecule has 5 atom stereocenters. The van der Waals surface area contributed by atoms with Gasteiger partial charge < -0.3 is 36.0 Å². The number of nitrogens with two attached hydrogens (primary N) is 2. The third-order valence-corrected chi connectivity index (χ3v) is 5.92. The van der Waals surface area contributed by atoms with E-state index in [1.165, 1.54) is 4.57 Å². The fourth-order valence-corrected chi connectivity index (χ4v) is 4.19. The van der Waals surface area contributed by atoms with Gasteiger partial charge in [-0.1, -0.05) is 0 Å². The highest BCUT2D eigenvalue weighted by Gasteiger charge is 2.45. The summed E-state index contributed by atoms with van der Waals surface area (Å²) in [5, 5.41) is 10.3. The molecule has 0 spiro atoms. The molecule has 9 N–H and O–H groups in total. The molecule has 0 aliphatic carbocycles. The molecule has 3 rings (SSSR count). The van der Waals surface area contributed by atoms with Crippen LogP contribution in [-0.4, -0.2) is 64.2 Å². The lowest BCUT2D eigenvalue weighted by Gasteiger charge is -2.18. The van der Waals surface area contributed by atoms with Crippen molar-refractivity contribution in [3.63, 3.8) is 0 Å². The lowest BCUT2D eigenvalue weighted by Crippen LogP contribution is -2.41. The van der Waals surface area contributed by atoms with Crippen molar-refractivity contribution in [2.24, 2.45) is 5.73 Å². The average Bonchev–Trinajstić information content (AvgIpc) is 3.06. The highest BCUT2D eigenvalue weighted by molar-refractivity contribution is 7.60. The topological polar surface area (TPSA) is 258 Å². The van der Waals surface area contributed by atoms with E-state index < -0.39 is 52.3 Å². The van der Waals surface area contributed by atoms with Gasteiger partial charge in [-0.15, -0.1) is 0 Å². The van der Waals surface area contributed by atoms with Crippen LogP contribution in [0.5, 0.6) is 0 Å². The smallest absolute Gasteiger partial charge is 0.387 e. The maximum Gasteiger partial charge on any atom is 0.481 e.